The summed E-state index contributed by atoms with van der Waals surface area (Å²) in [6.45, 7) is 2.59. The molecule has 1 heterocycles. The molecule has 1 aromatic rings. The van der Waals surface area contributed by atoms with E-state index in [-0.39, 0.29) is 11.7 Å². The Bertz CT molecular complexity index is 482. The second-order valence-corrected chi connectivity index (χ2v) is 6.03. The smallest absolute Gasteiger partial charge is 0.180 e. The first kappa shape index (κ1) is 10.3. The number of sulfone groups is 1. The first-order chi connectivity index (χ1) is 6.99. The predicted molar refractivity (Wildman–Crippen MR) is 60.6 cm³/mol. The van der Waals surface area contributed by atoms with Gasteiger partial charge in [0.25, 0.3) is 0 Å². The van der Waals surface area contributed by atoms with Crippen LogP contribution >= 0.6 is 0 Å². The zero-order valence-electron chi connectivity index (χ0n) is 8.53. The van der Waals surface area contributed by atoms with Gasteiger partial charge in [0, 0.05) is 12.2 Å². The van der Waals surface area contributed by atoms with E-state index in [0.717, 1.165) is 0 Å². The molecule has 0 saturated carbocycles. The van der Waals surface area contributed by atoms with Gasteiger partial charge in [0.2, 0.25) is 0 Å². The Morgan fingerprint density at radius 3 is 2.93 bits per heavy atom. The Balaban J connectivity index is 2.60. The lowest BCUT2D eigenvalue weighted by atomic mass is 10.2. The lowest BCUT2D eigenvalue weighted by Gasteiger charge is -2.07. The molecule has 1 aromatic carbocycles. The molecule has 0 radical (unpaired) electrons. The summed E-state index contributed by atoms with van der Waals surface area (Å²) in [4.78, 5) is 0.326. The molecule has 3 N–H and O–H groups in total. The van der Waals surface area contributed by atoms with E-state index in [9.17, 15) is 8.42 Å². The topological polar surface area (TPSA) is 72.2 Å². The van der Waals surface area contributed by atoms with Crippen molar-refractivity contribution >= 4 is 21.2 Å². The van der Waals surface area contributed by atoms with E-state index < -0.39 is 9.84 Å². The highest BCUT2D eigenvalue weighted by Crippen LogP contribution is 2.28. The zero-order chi connectivity index (χ0) is 11.1. The summed E-state index contributed by atoms with van der Waals surface area (Å²) in [5.41, 5.74) is 6.74. The molecule has 0 aliphatic carbocycles. The summed E-state index contributed by atoms with van der Waals surface area (Å²) in [7, 11) is -3.19. The minimum atomic E-state index is -3.19. The predicted octanol–water partition coefficient (Wildman–Crippen LogP) is 1.10. The summed E-state index contributed by atoms with van der Waals surface area (Å²) < 4.78 is 23.9. The van der Waals surface area contributed by atoms with Crippen molar-refractivity contribution in [3.05, 3.63) is 18.2 Å². The molecular weight excluding hydrogens is 212 g/mol. The van der Waals surface area contributed by atoms with Crippen molar-refractivity contribution in [1.82, 2.24) is 0 Å². The van der Waals surface area contributed by atoms with E-state index >= 15 is 0 Å². The number of rotatable bonds is 0. The number of anilines is 2. The third-order valence-corrected chi connectivity index (χ3v) is 4.50. The lowest BCUT2D eigenvalue weighted by Crippen LogP contribution is -2.15. The van der Waals surface area contributed by atoms with Gasteiger partial charge in [0.15, 0.2) is 9.84 Å². The average Bonchev–Trinajstić information content (AvgIpc) is 2.24. The Hall–Kier alpha value is -1.23. The molecule has 1 aliphatic rings. The molecule has 0 aromatic heterocycles. The van der Waals surface area contributed by atoms with Crippen LogP contribution in [0.3, 0.4) is 0 Å². The van der Waals surface area contributed by atoms with Crippen LogP contribution in [-0.4, -0.2) is 20.7 Å². The highest BCUT2D eigenvalue weighted by molar-refractivity contribution is 7.91. The molecule has 0 amide bonds. The van der Waals surface area contributed by atoms with Crippen molar-refractivity contribution in [2.24, 2.45) is 5.92 Å². The zero-order valence-corrected chi connectivity index (χ0v) is 9.34. The summed E-state index contributed by atoms with van der Waals surface area (Å²) in [6.07, 6.45) is 0. The van der Waals surface area contributed by atoms with E-state index in [4.69, 9.17) is 5.73 Å². The number of fused-ring (bicyclic) bond motifs is 1. The van der Waals surface area contributed by atoms with Crippen LogP contribution < -0.4 is 11.1 Å². The van der Waals surface area contributed by atoms with Crippen LogP contribution in [0.1, 0.15) is 6.92 Å². The third kappa shape index (κ3) is 1.92. The highest BCUT2D eigenvalue weighted by atomic mass is 32.2. The number of benzene rings is 1. The molecule has 15 heavy (non-hydrogen) atoms. The van der Waals surface area contributed by atoms with Crippen molar-refractivity contribution in [1.29, 1.82) is 0 Å². The first-order valence-electron chi connectivity index (χ1n) is 4.85. The molecular formula is C10H14N2O2S. The van der Waals surface area contributed by atoms with E-state index in [1.807, 2.05) is 6.92 Å². The Labute approximate surface area is 89.4 Å². The minimum absolute atomic E-state index is 0.114. The number of nitrogens with one attached hydrogen (secondary N) is 1. The van der Waals surface area contributed by atoms with Crippen LogP contribution in [0.15, 0.2) is 23.1 Å². The van der Waals surface area contributed by atoms with E-state index in [0.29, 0.717) is 22.8 Å². The van der Waals surface area contributed by atoms with Gasteiger partial charge in [-0.15, -0.1) is 0 Å². The van der Waals surface area contributed by atoms with Gasteiger partial charge in [-0.25, -0.2) is 8.42 Å². The molecule has 1 atom stereocenters. The van der Waals surface area contributed by atoms with Gasteiger partial charge in [0.1, 0.15) is 0 Å². The third-order valence-electron chi connectivity index (χ3n) is 2.49. The van der Waals surface area contributed by atoms with Crippen LogP contribution in [0.25, 0.3) is 0 Å². The molecule has 5 heteroatoms. The average molecular weight is 226 g/mol. The number of hydrogen-bond acceptors (Lipinski definition) is 4. The normalized spacial score (nSPS) is 23.7. The van der Waals surface area contributed by atoms with E-state index in [1.54, 1.807) is 12.1 Å². The van der Waals surface area contributed by atoms with Gasteiger partial charge >= 0.3 is 0 Å². The van der Waals surface area contributed by atoms with E-state index in [1.165, 1.54) is 6.07 Å². The quantitative estimate of drug-likeness (QED) is 0.650. The largest absolute Gasteiger partial charge is 0.399 e. The second kappa shape index (κ2) is 3.41. The van der Waals surface area contributed by atoms with Gasteiger partial charge < -0.3 is 11.1 Å². The van der Waals surface area contributed by atoms with Crippen molar-refractivity contribution in [2.45, 2.75) is 11.8 Å². The fourth-order valence-corrected chi connectivity index (χ4v) is 3.59. The van der Waals surface area contributed by atoms with Gasteiger partial charge in [-0.05, 0) is 24.1 Å². The fraction of sp³-hybridized carbons (Fsp3) is 0.400. The number of hydrogen-bond donors (Lipinski definition) is 2. The standard InChI is InChI=1S/C10H14N2O2S/c1-7-5-12-9-3-2-8(11)4-10(9)15(13,14)6-7/h2-4,7,12H,5-6,11H2,1H3. The Morgan fingerprint density at radius 1 is 1.47 bits per heavy atom. The molecule has 82 valence electrons. The van der Waals surface area contributed by atoms with Gasteiger partial charge in [-0.2, -0.15) is 0 Å². The van der Waals surface area contributed by atoms with Crippen LogP contribution in [0.2, 0.25) is 0 Å². The molecule has 0 saturated heterocycles. The maximum Gasteiger partial charge on any atom is 0.180 e. The van der Waals surface area contributed by atoms with Gasteiger partial charge in [0.05, 0.1) is 16.3 Å². The van der Waals surface area contributed by atoms with E-state index in [2.05, 4.69) is 5.32 Å². The SMILES string of the molecule is CC1CNc2ccc(N)cc2S(=O)(=O)C1. The second-order valence-electron chi connectivity index (χ2n) is 4.02. The molecule has 4 nitrogen and oxygen atoms in total. The van der Waals surface area contributed by atoms with Gasteiger partial charge in [-0.3, -0.25) is 0 Å². The van der Waals surface area contributed by atoms with Crippen molar-refractivity contribution in [3.8, 4) is 0 Å². The Kier molecular flexibility index (Phi) is 2.34. The van der Waals surface area contributed by atoms with Crippen molar-refractivity contribution in [2.75, 3.05) is 23.3 Å². The Morgan fingerprint density at radius 2 is 2.20 bits per heavy atom. The highest BCUT2D eigenvalue weighted by Gasteiger charge is 2.25. The summed E-state index contributed by atoms with van der Waals surface area (Å²) >= 11 is 0. The first-order valence-corrected chi connectivity index (χ1v) is 6.50. The summed E-state index contributed by atoms with van der Waals surface area (Å²) in [5.74, 6) is 0.292. The number of nitrogen functional groups attached to an aromatic ring is 1. The summed E-state index contributed by atoms with van der Waals surface area (Å²) in [5, 5.41) is 3.12. The van der Waals surface area contributed by atoms with Crippen LogP contribution in [-0.2, 0) is 9.84 Å². The molecule has 1 aliphatic heterocycles. The molecule has 0 bridgehead atoms. The molecule has 0 fully saturated rings. The minimum Gasteiger partial charge on any atom is -0.399 e. The van der Waals surface area contributed by atoms with Crippen LogP contribution in [0, 0.1) is 5.92 Å². The van der Waals surface area contributed by atoms with Crippen LogP contribution in [0.4, 0.5) is 11.4 Å². The maximum absolute atomic E-state index is 12.0. The van der Waals surface area contributed by atoms with Gasteiger partial charge in [-0.1, -0.05) is 6.92 Å². The fourth-order valence-electron chi connectivity index (χ4n) is 1.75. The molecule has 2 rings (SSSR count). The van der Waals surface area contributed by atoms with Crippen molar-refractivity contribution in [3.63, 3.8) is 0 Å². The monoisotopic (exact) mass is 226 g/mol. The van der Waals surface area contributed by atoms with Crippen LogP contribution in [0.5, 0.6) is 0 Å². The molecule has 0 spiro atoms. The van der Waals surface area contributed by atoms with Crippen molar-refractivity contribution < 1.29 is 8.42 Å². The lowest BCUT2D eigenvalue weighted by molar-refractivity contribution is 0.582. The molecule has 1 unspecified atom stereocenters. The maximum atomic E-state index is 12.0. The number of nitrogens with two attached hydrogens (primary N) is 1. The summed E-state index contributed by atoms with van der Waals surface area (Å²) in [6, 6.07) is 4.95.